The van der Waals surface area contributed by atoms with E-state index in [-0.39, 0.29) is 19.2 Å². The molecule has 26 heavy (non-hydrogen) atoms. The molecule has 130 valence electrons. The number of amides is 1. The van der Waals surface area contributed by atoms with Crippen LogP contribution in [0.1, 0.15) is 11.4 Å². The number of para-hydroxylation sites is 1. The molecular formula is C18H15N5O3. The van der Waals surface area contributed by atoms with Crippen molar-refractivity contribution in [2.75, 3.05) is 6.79 Å². The molecule has 4 rings (SSSR count). The van der Waals surface area contributed by atoms with Crippen LogP contribution in [0.5, 0.6) is 11.5 Å². The van der Waals surface area contributed by atoms with Crippen molar-refractivity contribution in [2.45, 2.75) is 6.54 Å². The predicted octanol–water partition coefficient (Wildman–Crippen LogP) is 1.72. The van der Waals surface area contributed by atoms with Gasteiger partial charge in [0.05, 0.1) is 12.2 Å². The summed E-state index contributed by atoms with van der Waals surface area (Å²) in [5.41, 5.74) is 1.68. The summed E-state index contributed by atoms with van der Waals surface area (Å²) < 4.78 is 12.2. The lowest BCUT2D eigenvalue weighted by Crippen LogP contribution is -2.22. The number of rotatable bonds is 5. The van der Waals surface area contributed by atoms with Gasteiger partial charge < -0.3 is 14.8 Å². The van der Waals surface area contributed by atoms with E-state index in [4.69, 9.17) is 9.47 Å². The molecule has 0 aliphatic carbocycles. The minimum atomic E-state index is -0.245. The third kappa shape index (κ3) is 3.39. The molecule has 1 aromatic heterocycles. The highest BCUT2D eigenvalue weighted by Crippen LogP contribution is 2.32. The summed E-state index contributed by atoms with van der Waals surface area (Å²) in [6.07, 6.45) is 3.16. The van der Waals surface area contributed by atoms with E-state index in [1.165, 1.54) is 6.08 Å². The molecule has 0 spiro atoms. The number of nitrogens with zero attached hydrogens (tertiary/aromatic N) is 4. The number of tetrazole rings is 1. The molecule has 1 aliphatic heterocycles. The maximum atomic E-state index is 12.1. The first-order valence-electron chi connectivity index (χ1n) is 7.98. The Hall–Kier alpha value is -3.68. The highest BCUT2D eigenvalue weighted by atomic mass is 16.7. The average molecular weight is 349 g/mol. The zero-order valence-electron chi connectivity index (χ0n) is 13.7. The molecule has 2 aromatic carbocycles. The lowest BCUT2D eigenvalue weighted by Gasteiger charge is -2.04. The number of hydrogen-bond donors (Lipinski definition) is 1. The van der Waals surface area contributed by atoms with Gasteiger partial charge in [0.2, 0.25) is 12.7 Å². The van der Waals surface area contributed by atoms with Crippen LogP contribution in [0.2, 0.25) is 0 Å². The molecule has 0 radical (unpaired) electrons. The van der Waals surface area contributed by atoms with Gasteiger partial charge in [-0.2, -0.15) is 4.68 Å². The van der Waals surface area contributed by atoms with Crippen LogP contribution in [0.15, 0.2) is 54.6 Å². The number of hydrogen-bond acceptors (Lipinski definition) is 6. The summed E-state index contributed by atoms with van der Waals surface area (Å²) in [5.74, 6) is 1.68. The number of ether oxygens (including phenoxy) is 2. The molecule has 1 N–H and O–H groups in total. The van der Waals surface area contributed by atoms with Gasteiger partial charge in [0.15, 0.2) is 17.3 Å². The third-order valence-corrected chi connectivity index (χ3v) is 3.78. The Morgan fingerprint density at radius 2 is 2.00 bits per heavy atom. The van der Waals surface area contributed by atoms with E-state index in [0.717, 1.165) is 11.3 Å². The second-order valence-electron chi connectivity index (χ2n) is 5.51. The Morgan fingerprint density at radius 1 is 1.15 bits per heavy atom. The van der Waals surface area contributed by atoms with Crippen LogP contribution in [-0.2, 0) is 11.3 Å². The molecular weight excluding hydrogens is 334 g/mol. The van der Waals surface area contributed by atoms with Crippen molar-refractivity contribution < 1.29 is 14.3 Å². The SMILES string of the molecule is O=C(C=Cc1ccc2c(c1)OCO2)NCc1nnnn1-c1ccccc1. The standard InChI is InChI=1S/C18H15N5O3/c24-18(9-7-13-6-8-15-16(10-13)26-12-25-15)19-11-17-20-21-22-23(17)14-4-2-1-3-5-14/h1-10H,11-12H2,(H,19,24). The molecule has 2 heterocycles. The summed E-state index contributed by atoms with van der Waals surface area (Å²) >= 11 is 0. The molecule has 8 nitrogen and oxygen atoms in total. The van der Waals surface area contributed by atoms with Crippen LogP contribution in [0, 0.1) is 0 Å². The monoisotopic (exact) mass is 349 g/mol. The maximum absolute atomic E-state index is 12.1. The highest BCUT2D eigenvalue weighted by Gasteiger charge is 2.12. The molecule has 8 heteroatoms. The van der Waals surface area contributed by atoms with Crippen molar-refractivity contribution in [3.05, 3.63) is 66.0 Å². The van der Waals surface area contributed by atoms with Gasteiger partial charge in [-0.15, -0.1) is 5.10 Å². The maximum Gasteiger partial charge on any atom is 0.244 e. The molecule has 0 atom stereocenters. The van der Waals surface area contributed by atoms with E-state index in [9.17, 15) is 4.79 Å². The van der Waals surface area contributed by atoms with E-state index < -0.39 is 0 Å². The fraction of sp³-hybridized carbons (Fsp3) is 0.111. The summed E-state index contributed by atoms with van der Waals surface area (Å²) in [4.78, 5) is 12.1. The number of nitrogens with one attached hydrogen (secondary N) is 1. The van der Waals surface area contributed by atoms with Gasteiger partial charge >= 0.3 is 0 Å². The van der Waals surface area contributed by atoms with Crippen LogP contribution < -0.4 is 14.8 Å². The van der Waals surface area contributed by atoms with Gasteiger partial charge in [-0.25, -0.2) is 0 Å². The van der Waals surface area contributed by atoms with E-state index in [0.29, 0.717) is 17.3 Å². The Labute approximate surface area is 149 Å². The largest absolute Gasteiger partial charge is 0.454 e. The highest BCUT2D eigenvalue weighted by molar-refractivity contribution is 5.91. The van der Waals surface area contributed by atoms with E-state index in [1.807, 2.05) is 48.5 Å². The Bertz CT molecular complexity index is 952. The molecule has 0 unspecified atom stereocenters. The van der Waals surface area contributed by atoms with Crippen LogP contribution in [0.25, 0.3) is 11.8 Å². The predicted molar refractivity (Wildman–Crippen MR) is 92.6 cm³/mol. The third-order valence-electron chi connectivity index (χ3n) is 3.78. The van der Waals surface area contributed by atoms with E-state index in [1.54, 1.807) is 10.8 Å². The molecule has 0 fully saturated rings. The minimum Gasteiger partial charge on any atom is -0.454 e. The van der Waals surface area contributed by atoms with Crippen molar-refractivity contribution in [2.24, 2.45) is 0 Å². The van der Waals surface area contributed by atoms with Crippen LogP contribution in [0.3, 0.4) is 0 Å². The minimum absolute atomic E-state index is 0.214. The Kier molecular flexibility index (Phi) is 4.29. The van der Waals surface area contributed by atoms with Crippen molar-refractivity contribution in [3.63, 3.8) is 0 Å². The quantitative estimate of drug-likeness (QED) is 0.705. The van der Waals surface area contributed by atoms with Crippen molar-refractivity contribution in [1.29, 1.82) is 0 Å². The van der Waals surface area contributed by atoms with Crippen molar-refractivity contribution in [1.82, 2.24) is 25.5 Å². The fourth-order valence-electron chi connectivity index (χ4n) is 2.50. The summed E-state index contributed by atoms with van der Waals surface area (Å²) in [5, 5.41) is 14.4. The first-order chi connectivity index (χ1) is 12.8. The summed E-state index contributed by atoms with van der Waals surface area (Å²) in [6.45, 7) is 0.436. The number of aromatic nitrogens is 4. The van der Waals surface area contributed by atoms with E-state index in [2.05, 4.69) is 20.8 Å². The van der Waals surface area contributed by atoms with Gasteiger partial charge in [0.1, 0.15) is 0 Å². The molecule has 3 aromatic rings. The Balaban J connectivity index is 1.38. The van der Waals surface area contributed by atoms with Crippen molar-refractivity contribution in [3.8, 4) is 17.2 Å². The van der Waals surface area contributed by atoms with Gasteiger partial charge in [0.25, 0.3) is 0 Å². The average Bonchev–Trinajstić information content (AvgIpc) is 3.34. The second-order valence-corrected chi connectivity index (χ2v) is 5.51. The van der Waals surface area contributed by atoms with Crippen LogP contribution in [0.4, 0.5) is 0 Å². The summed E-state index contributed by atoms with van der Waals surface area (Å²) in [6, 6.07) is 15.0. The topological polar surface area (TPSA) is 91.2 Å². The van der Waals surface area contributed by atoms with Crippen LogP contribution >= 0.6 is 0 Å². The van der Waals surface area contributed by atoms with Gasteiger partial charge in [-0.05, 0) is 46.3 Å². The molecule has 0 saturated heterocycles. The van der Waals surface area contributed by atoms with Gasteiger partial charge in [-0.1, -0.05) is 24.3 Å². The molecule has 0 bridgehead atoms. The first kappa shape index (κ1) is 15.8. The second kappa shape index (κ2) is 7.06. The normalized spacial score (nSPS) is 12.5. The Morgan fingerprint density at radius 3 is 2.88 bits per heavy atom. The molecule has 1 amide bonds. The smallest absolute Gasteiger partial charge is 0.244 e. The van der Waals surface area contributed by atoms with Gasteiger partial charge in [0, 0.05) is 6.08 Å². The first-order valence-corrected chi connectivity index (χ1v) is 7.98. The number of benzene rings is 2. The number of fused-ring (bicyclic) bond motifs is 1. The zero-order chi connectivity index (χ0) is 17.8. The van der Waals surface area contributed by atoms with Crippen molar-refractivity contribution >= 4 is 12.0 Å². The lowest BCUT2D eigenvalue weighted by atomic mass is 10.2. The summed E-state index contributed by atoms with van der Waals surface area (Å²) in [7, 11) is 0. The van der Waals surface area contributed by atoms with Crippen LogP contribution in [-0.4, -0.2) is 32.9 Å². The molecule has 1 aliphatic rings. The lowest BCUT2D eigenvalue weighted by molar-refractivity contribution is -0.116. The van der Waals surface area contributed by atoms with E-state index >= 15 is 0 Å². The fourth-order valence-corrected chi connectivity index (χ4v) is 2.50. The molecule has 0 saturated carbocycles. The number of carbonyl (C=O) groups is 1. The zero-order valence-corrected chi connectivity index (χ0v) is 13.7. The van der Waals surface area contributed by atoms with Gasteiger partial charge in [-0.3, -0.25) is 4.79 Å². The number of carbonyl (C=O) groups excluding carboxylic acids is 1.